The Morgan fingerprint density at radius 1 is 1.18 bits per heavy atom. The van der Waals surface area contributed by atoms with E-state index >= 15 is 0 Å². The Bertz CT molecular complexity index is 1180. The van der Waals surface area contributed by atoms with Crippen LogP contribution in [0, 0.1) is 19.8 Å². The van der Waals surface area contributed by atoms with Crippen LogP contribution in [0.5, 0.6) is 0 Å². The molecule has 8 nitrogen and oxygen atoms in total. The summed E-state index contributed by atoms with van der Waals surface area (Å²) in [7, 11) is 0. The summed E-state index contributed by atoms with van der Waals surface area (Å²) in [6.07, 6.45) is 4.95. The minimum atomic E-state index is -0.553. The number of nitrogens with one attached hydrogen (secondary N) is 1. The second-order valence-corrected chi connectivity index (χ2v) is 9.49. The number of piperidine rings is 1. The summed E-state index contributed by atoms with van der Waals surface area (Å²) in [6, 6.07) is 8.53. The van der Waals surface area contributed by atoms with E-state index in [1.54, 1.807) is 4.52 Å². The van der Waals surface area contributed by atoms with Crippen molar-refractivity contribution < 1.29 is 9.59 Å². The molecule has 34 heavy (non-hydrogen) atoms. The van der Waals surface area contributed by atoms with Gasteiger partial charge in [0.25, 0.3) is 5.91 Å². The topological polar surface area (TPSA) is 106 Å². The zero-order valence-electron chi connectivity index (χ0n) is 20.3. The number of aromatic nitrogens is 3. The number of nitrogens with zero attached hydrogens (tertiary/aromatic N) is 4. The standard InChI is InChI=1S/C26H34N6O2/c1-17-5-4-12-31(15-17)16-21-8-6-20(7-9-21)13-28-24(33)11-10-22-18(2)30-26-23(25(27)34)14-29-32(26)19(22)3/h6-9,14,17H,4-5,10-13,15-16H2,1-3H3,(H2,27,34)(H,28,33). The predicted octanol–water partition coefficient (Wildman–Crippen LogP) is 2.93. The fourth-order valence-corrected chi connectivity index (χ4v) is 4.83. The summed E-state index contributed by atoms with van der Waals surface area (Å²) in [5, 5.41) is 7.26. The number of nitrogens with two attached hydrogens (primary N) is 1. The summed E-state index contributed by atoms with van der Waals surface area (Å²) in [5.74, 6) is 0.215. The smallest absolute Gasteiger partial charge is 0.254 e. The maximum atomic E-state index is 12.5. The molecule has 0 aliphatic carbocycles. The summed E-state index contributed by atoms with van der Waals surface area (Å²) in [6.45, 7) is 9.97. The van der Waals surface area contributed by atoms with Crippen LogP contribution < -0.4 is 11.1 Å². The van der Waals surface area contributed by atoms with Crippen LogP contribution in [0.25, 0.3) is 5.65 Å². The van der Waals surface area contributed by atoms with E-state index in [0.717, 1.165) is 35.0 Å². The number of hydrogen-bond donors (Lipinski definition) is 2. The molecular weight excluding hydrogens is 428 g/mol. The van der Waals surface area contributed by atoms with Crippen molar-refractivity contribution >= 4 is 17.5 Å². The number of amides is 2. The van der Waals surface area contributed by atoms with Crippen molar-refractivity contribution in [2.24, 2.45) is 11.7 Å². The summed E-state index contributed by atoms with van der Waals surface area (Å²) in [5.41, 5.74) is 11.2. The molecule has 1 aliphatic rings. The summed E-state index contributed by atoms with van der Waals surface area (Å²) in [4.78, 5) is 31.1. The lowest BCUT2D eigenvalue weighted by atomic mass is 9.99. The number of hydrogen-bond acceptors (Lipinski definition) is 5. The van der Waals surface area contributed by atoms with Gasteiger partial charge in [-0.2, -0.15) is 5.10 Å². The van der Waals surface area contributed by atoms with Crippen molar-refractivity contribution in [1.29, 1.82) is 0 Å². The molecule has 180 valence electrons. The van der Waals surface area contributed by atoms with Gasteiger partial charge in [0.1, 0.15) is 5.56 Å². The monoisotopic (exact) mass is 462 g/mol. The molecule has 1 saturated heterocycles. The summed E-state index contributed by atoms with van der Waals surface area (Å²) < 4.78 is 1.62. The number of benzene rings is 1. The Balaban J connectivity index is 1.30. The van der Waals surface area contributed by atoms with Crippen molar-refractivity contribution in [3.05, 3.63) is 64.1 Å². The van der Waals surface area contributed by atoms with Crippen molar-refractivity contribution in [3.8, 4) is 0 Å². The highest BCUT2D eigenvalue weighted by Gasteiger charge is 2.18. The number of fused-ring (bicyclic) bond motifs is 1. The number of carbonyl (C=O) groups is 2. The number of rotatable bonds is 8. The Morgan fingerprint density at radius 3 is 2.62 bits per heavy atom. The minimum absolute atomic E-state index is 0.0106. The first kappa shape index (κ1) is 23.9. The average Bonchev–Trinajstić information content (AvgIpc) is 3.23. The normalized spacial score (nSPS) is 16.6. The molecule has 0 saturated carbocycles. The number of carbonyl (C=O) groups excluding carboxylic acids is 2. The molecular formula is C26H34N6O2. The van der Waals surface area contributed by atoms with Gasteiger partial charge in [0.2, 0.25) is 5.91 Å². The second-order valence-electron chi connectivity index (χ2n) is 9.49. The Kier molecular flexibility index (Phi) is 7.26. The molecule has 8 heteroatoms. The van der Waals surface area contributed by atoms with E-state index in [4.69, 9.17) is 5.73 Å². The van der Waals surface area contributed by atoms with Crippen LogP contribution >= 0.6 is 0 Å². The van der Waals surface area contributed by atoms with Crippen molar-refractivity contribution in [1.82, 2.24) is 24.8 Å². The molecule has 1 atom stereocenters. The van der Waals surface area contributed by atoms with Crippen molar-refractivity contribution in [3.63, 3.8) is 0 Å². The van der Waals surface area contributed by atoms with Crippen LogP contribution in [0.15, 0.2) is 30.5 Å². The van der Waals surface area contributed by atoms with Gasteiger partial charge in [0.15, 0.2) is 5.65 Å². The maximum Gasteiger partial charge on any atom is 0.254 e. The minimum Gasteiger partial charge on any atom is -0.365 e. The third-order valence-corrected chi connectivity index (χ3v) is 6.74. The zero-order chi connectivity index (χ0) is 24.2. The molecule has 0 radical (unpaired) electrons. The molecule has 3 heterocycles. The molecule has 1 aromatic carbocycles. The van der Waals surface area contributed by atoms with E-state index < -0.39 is 5.91 Å². The van der Waals surface area contributed by atoms with Gasteiger partial charge in [-0.1, -0.05) is 31.2 Å². The van der Waals surface area contributed by atoms with Crippen LogP contribution in [0.2, 0.25) is 0 Å². The second kappa shape index (κ2) is 10.3. The van der Waals surface area contributed by atoms with E-state index in [1.807, 2.05) is 13.8 Å². The van der Waals surface area contributed by atoms with E-state index in [2.05, 4.69) is 51.5 Å². The van der Waals surface area contributed by atoms with Crippen LogP contribution in [-0.4, -0.2) is 44.4 Å². The van der Waals surface area contributed by atoms with Gasteiger partial charge in [0.05, 0.1) is 6.20 Å². The largest absolute Gasteiger partial charge is 0.365 e. The fraction of sp³-hybridized carbons (Fsp3) is 0.462. The zero-order valence-corrected chi connectivity index (χ0v) is 20.3. The predicted molar refractivity (Wildman–Crippen MR) is 131 cm³/mol. The van der Waals surface area contributed by atoms with Gasteiger partial charge in [-0.15, -0.1) is 0 Å². The van der Waals surface area contributed by atoms with Crippen LogP contribution in [0.3, 0.4) is 0 Å². The Morgan fingerprint density at radius 2 is 1.91 bits per heavy atom. The Labute approximate surface area is 200 Å². The lowest BCUT2D eigenvalue weighted by Gasteiger charge is -2.30. The van der Waals surface area contributed by atoms with Gasteiger partial charge in [-0.3, -0.25) is 14.5 Å². The van der Waals surface area contributed by atoms with Gasteiger partial charge >= 0.3 is 0 Å². The first-order valence-electron chi connectivity index (χ1n) is 12.0. The average molecular weight is 463 g/mol. The van der Waals surface area contributed by atoms with Gasteiger partial charge in [-0.05, 0) is 62.3 Å². The highest BCUT2D eigenvalue weighted by Crippen LogP contribution is 2.19. The highest BCUT2D eigenvalue weighted by atomic mass is 16.1. The lowest BCUT2D eigenvalue weighted by molar-refractivity contribution is -0.121. The lowest BCUT2D eigenvalue weighted by Crippen LogP contribution is -2.33. The van der Waals surface area contributed by atoms with Crippen molar-refractivity contribution in [2.45, 2.75) is 59.5 Å². The molecule has 2 aromatic heterocycles. The first-order chi connectivity index (χ1) is 16.3. The molecule has 0 bridgehead atoms. The quantitative estimate of drug-likeness (QED) is 0.535. The van der Waals surface area contributed by atoms with E-state index in [9.17, 15) is 9.59 Å². The molecule has 1 unspecified atom stereocenters. The number of likely N-dealkylation sites (tertiary alicyclic amines) is 1. The third kappa shape index (κ3) is 5.44. The SMILES string of the molecule is Cc1nc2c(C(N)=O)cnn2c(C)c1CCC(=O)NCc1ccc(CN2CCCC(C)C2)cc1. The third-order valence-electron chi connectivity index (χ3n) is 6.74. The van der Waals surface area contributed by atoms with E-state index in [1.165, 1.54) is 37.7 Å². The van der Waals surface area contributed by atoms with E-state index in [0.29, 0.717) is 30.6 Å². The van der Waals surface area contributed by atoms with Crippen LogP contribution in [-0.2, 0) is 24.3 Å². The van der Waals surface area contributed by atoms with E-state index in [-0.39, 0.29) is 5.91 Å². The van der Waals surface area contributed by atoms with Gasteiger partial charge in [-0.25, -0.2) is 9.50 Å². The van der Waals surface area contributed by atoms with Crippen LogP contribution in [0.1, 0.15) is 64.6 Å². The molecule has 2 amide bonds. The number of primary amides is 1. The molecule has 0 spiro atoms. The summed E-state index contributed by atoms with van der Waals surface area (Å²) >= 11 is 0. The molecule has 1 fully saturated rings. The van der Waals surface area contributed by atoms with Gasteiger partial charge < -0.3 is 11.1 Å². The van der Waals surface area contributed by atoms with Crippen molar-refractivity contribution in [2.75, 3.05) is 13.1 Å². The van der Waals surface area contributed by atoms with Crippen LogP contribution in [0.4, 0.5) is 0 Å². The number of aryl methyl sites for hydroxylation is 2. The molecule has 3 N–H and O–H groups in total. The first-order valence-corrected chi connectivity index (χ1v) is 12.0. The Hall–Kier alpha value is -3.26. The molecule has 3 aromatic rings. The molecule has 4 rings (SSSR count). The molecule has 1 aliphatic heterocycles. The maximum absolute atomic E-state index is 12.5. The fourth-order valence-electron chi connectivity index (χ4n) is 4.83. The highest BCUT2D eigenvalue weighted by molar-refractivity contribution is 5.98. The van der Waals surface area contributed by atoms with Gasteiger partial charge in [0, 0.05) is 37.4 Å².